The van der Waals surface area contributed by atoms with Crippen molar-refractivity contribution in [1.82, 2.24) is 0 Å². The summed E-state index contributed by atoms with van der Waals surface area (Å²) >= 11 is 0. The van der Waals surface area contributed by atoms with Gasteiger partial charge in [0, 0.05) is 0 Å². The van der Waals surface area contributed by atoms with Gasteiger partial charge < -0.3 is 5.11 Å². The molecular formula is C9H12O2. The van der Waals surface area contributed by atoms with E-state index in [0.717, 1.165) is 19.3 Å². The lowest BCUT2D eigenvalue weighted by Crippen LogP contribution is -2.10. The van der Waals surface area contributed by atoms with Crippen molar-refractivity contribution < 1.29 is 9.90 Å². The van der Waals surface area contributed by atoms with E-state index in [1.807, 2.05) is 6.08 Å². The molecule has 2 heteroatoms. The maximum absolute atomic E-state index is 10.6. The van der Waals surface area contributed by atoms with Gasteiger partial charge in [-0.25, -0.2) is 0 Å². The Hall–Kier alpha value is -1.05. The Morgan fingerprint density at radius 3 is 2.64 bits per heavy atom. The zero-order valence-electron chi connectivity index (χ0n) is 6.42. The molecule has 0 atom stereocenters. The molecule has 2 nitrogen and oxygen atoms in total. The van der Waals surface area contributed by atoms with Crippen LogP contribution < -0.4 is 0 Å². The monoisotopic (exact) mass is 152 g/mol. The van der Waals surface area contributed by atoms with Crippen molar-refractivity contribution >= 4 is 5.97 Å². The number of rotatable bonds is 4. The molecule has 1 rings (SSSR count). The summed E-state index contributed by atoms with van der Waals surface area (Å²) in [6.45, 7) is 3.55. The summed E-state index contributed by atoms with van der Waals surface area (Å²) in [5.41, 5.74) is -0.511. The van der Waals surface area contributed by atoms with E-state index in [1.165, 1.54) is 0 Å². The smallest absolute Gasteiger partial charge is 0.313 e. The van der Waals surface area contributed by atoms with Gasteiger partial charge in [0.1, 0.15) is 0 Å². The fourth-order valence-corrected chi connectivity index (χ4v) is 0.976. The summed E-state index contributed by atoms with van der Waals surface area (Å²) in [5, 5.41) is 8.73. The molecule has 1 saturated carbocycles. The third kappa shape index (κ3) is 1.70. The number of carboxylic acids is 1. The number of allylic oxidation sites excluding steroid dienone is 2. The first-order valence-electron chi connectivity index (χ1n) is 3.73. The topological polar surface area (TPSA) is 37.3 Å². The Kier molecular flexibility index (Phi) is 2.13. The molecule has 0 radical (unpaired) electrons. The molecule has 0 heterocycles. The predicted molar refractivity (Wildman–Crippen MR) is 43.3 cm³/mol. The van der Waals surface area contributed by atoms with Gasteiger partial charge in [0.15, 0.2) is 0 Å². The van der Waals surface area contributed by atoms with Crippen LogP contribution in [0, 0.1) is 5.41 Å². The van der Waals surface area contributed by atoms with Crippen LogP contribution in [-0.4, -0.2) is 11.1 Å². The minimum absolute atomic E-state index is 0.511. The van der Waals surface area contributed by atoms with Crippen LogP contribution in [0.5, 0.6) is 0 Å². The molecule has 0 bridgehead atoms. The molecule has 1 aliphatic rings. The molecule has 0 aromatic rings. The van der Waals surface area contributed by atoms with Crippen LogP contribution in [0.3, 0.4) is 0 Å². The van der Waals surface area contributed by atoms with E-state index in [-0.39, 0.29) is 0 Å². The zero-order valence-corrected chi connectivity index (χ0v) is 6.42. The van der Waals surface area contributed by atoms with Gasteiger partial charge in [-0.15, -0.1) is 6.58 Å². The Labute approximate surface area is 66.2 Å². The third-order valence-electron chi connectivity index (χ3n) is 1.95. The normalized spacial score (nSPS) is 20.0. The second kappa shape index (κ2) is 2.91. The lowest BCUT2D eigenvalue weighted by Gasteiger charge is -1.99. The van der Waals surface area contributed by atoms with Crippen LogP contribution in [0.1, 0.15) is 19.3 Å². The average molecular weight is 152 g/mol. The Morgan fingerprint density at radius 1 is 1.64 bits per heavy atom. The highest BCUT2D eigenvalue weighted by Gasteiger charge is 2.47. The summed E-state index contributed by atoms with van der Waals surface area (Å²) < 4.78 is 0. The Bertz CT molecular complexity index is 200. The van der Waals surface area contributed by atoms with Crippen molar-refractivity contribution in [3.8, 4) is 0 Å². The van der Waals surface area contributed by atoms with E-state index >= 15 is 0 Å². The molecule has 1 aliphatic carbocycles. The summed E-state index contributed by atoms with van der Waals surface area (Å²) in [7, 11) is 0. The quantitative estimate of drug-likeness (QED) is 0.625. The maximum Gasteiger partial charge on any atom is 0.313 e. The molecule has 0 saturated heterocycles. The molecule has 0 aliphatic heterocycles. The summed E-state index contributed by atoms with van der Waals surface area (Å²) in [5.74, 6) is -0.696. The summed E-state index contributed by atoms with van der Waals surface area (Å²) in [6, 6.07) is 0. The lowest BCUT2D eigenvalue weighted by atomic mass is 10.1. The molecule has 11 heavy (non-hydrogen) atoms. The van der Waals surface area contributed by atoms with Crippen LogP contribution in [0.4, 0.5) is 0 Å². The highest BCUT2D eigenvalue weighted by Crippen LogP contribution is 2.47. The average Bonchev–Trinajstić information content (AvgIpc) is 2.70. The van der Waals surface area contributed by atoms with E-state index in [2.05, 4.69) is 6.58 Å². The lowest BCUT2D eigenvalue weighted by molar-refractivity contribution is -0.141. The van der Waals surface area contributed by atoms with Crippen LogP contribution in [0.25, 0.3) is 0 Å². The highest BCUT2D eigenvalue weighted by molar-refractivity contribution is 5.80. The minimum Gasteiger partial charge on any atom is -0.481 e. The van der Waals surface area contributed by atoms with Gasteiger partial charge in [0.2, 0.25) is 0 Å². The van der Waals surface area contributed by atoms with Crippen molar-refractivity contribution in [3.05, 3.63) is 24.8 Å². The first-order valence-corrected chi connectivity index (χ1v) is 3.73. The Balaban J connectivity index is 2.47. The number of carboxylic acid groups (broad SMARTS) is 1. The molecule has 1 fully saturated rings. The second-order valence-corrected chi connectivity index (χ2v) is 2.89. The molecule has 0 aromatic heterocycles. The van der Waals surface area contributed by atoms with Crippen LogP contribution >= 0.6 is 0 Å². The molecule has 60 valence electrons. The standard InChI is InChI=1S/C9H12O2/c1-2-3-4-5-9(6-7-9)8(10)11/h2,4-5H,1,3,6-7H2,(H,10,11). The SMILES string of the molecule is C=CCC=CC1(C(=O)O)CC1. The van der Waals surface area contributed by atoms with Crippen LogP contribution in [-0.2, 0) is 4.79 Å². The van der Waals surface area contributed by atoms with Crippen molar-refractivity contribution in [3.63, 3.8) is 0 Å². The van der Waals surface area contributed by atoms with Gasteiger partial charge in [-0.2, -0.15) is 0 Å². The van der Waals surface area contributed by atoms with Gasteiger partial charge in [-0.3, -0.25) is 4.79 Å². The van der Waals surface area contributed by atoms with Gasteiger partial charge >= 0.3 is 5.97 Å². The van der Waals surface area contributed by atoms with Gasteiger partial charge in [0.25, 0.3) is 0 Å². The number of hydrogen-bond donors (Lipinski definition) is 1. The van der Waals surface area contributed by atoms with E-state index in [0.29, 0.717) is 0 Å². The molecule has 0 unspecified atom stereocenters. The van der Waals surface area contributed by atoms with Crippen molar-refractivity contribution in [2.75, 3.05) is 0 Å². The van der Waals surface area contributed by atoms with E-state index in [9.17, 15) is 4.79 Å². The third-order valence-corrected chi connectivity index (χ3v) is 1.95. The molecule has 0 amide bonds. The largest absolute Gasteiger partial charge is 0.481 e. The van der Waals surface area contributed by atoms with Gasteiger partial charge in [0.05, 0.1) is 5.41 Å². The Morgan fingerprint density at radius 2 is 2.27 bits per heavy atom. The van der Waals surface area contributed by atoms with Crippen molar-refractivity contribution in [2.24, 2.45) is 5.41 Å². The summed E-state index contributed by atoms with van der Waals surface area (Å²) in [6.07, 6.45) is 7.75. The minimum atomic E-state index is -0.696. The van der Waals surface area contributed by atoms with E-state index in [1.54, 1.807) is 12.2 Å². The van der Waals surface area contributed by atoms with E-state index in [4.69, 9.17) is 5.11 Å². The predicted octanol–water partition coefficient (Wildman–Crippen LogP) is 1.98. The first-order chi connectivity index (χ1) is 5.21. The second-order valence-electron chi connectivity index (χ2n) is 2.89. The van der Waals surface area contributed by atoms with Gasteiger partial charge in [-0.1, -0.05) is 18.2 Å². The number of carbonyl (C=O) groups is 1. The van der Waals surface area contributed by atoms with Gasteiger partial charge in [-0.05, 0) is 19.3 Å². The van der Waals surface area contributed by atoms with Crippen LogP contribution in [0.2, 0.25) is 0 Å². The van der Waals surface area contributed by atoms with E-state index < -0.39 is 11.4 Å². The zero-order chi connectivity index (χ0) is 8.32. The summed E-state index contributed by atoms with van der Waals surface area (Å²) in [4.78, 5) is 10.6. The number of hydrogen-bond acceptors (Lipinski definition) is 1. The molecule has 0 spiro atoms. The fourth-order valence-electron chi connectivity index (χ4n) is 0.976. The first kappa shape index (κ1) is 8.05. The highest BCUT2D eigenvalue weighted by atomic mass is 16.4. The molecule has 0 aromatic carbocycles. The fraction of sp³-hybridized carbons (Fsp3) is 0.444. The number of aliphatic carboxylic acids is 1. The molecular weight excluding hydrogens is 140 g/mol. The van der Waals surface area contributed by atoms with Crippen LogP contribution in [0.15, 0.2) is 24.8 Å². The molecule has 1 N–H and O–H groups in total. The maximum atomic E-state index is 10.6. The van der Waals surface area contributed by atoms with Crippen molar-refractivity contribution in [2.45, 2.75) is 19.3 Å². The van der Waals surface area contributed by atoms with Crippen molar-refractivity contribution in [1.29, 1.82) is 0 Å².